The zero-order chi connectivity index (χ0) is 20.5. The predicted octanol–water partition coefficient (Wildman–Crippen LogP) is 2.68. The summed E-state index contributed by atoms with van der Waals surface area (Å²) in [6, 6.07) is 10.5. The lowest BCUT2D eigenvalue weighted by molar-refractivity contribution is -0.0284. The third kappa shape index (κ3) is 6.98. The first-order chi connectivity index (χ1) is 14.2. The molecule has 0 aliphatic carbocycles. The maximum absolute atomic E-state index is 6.01. The van der Waals surface area contributed by atoms with Crippen LogP contribution in [-0.4, -0.2) is 69.4 Å². The van der Waals surface area contributed by atoms with Gasteiger partial charge >= 0.3 is 0 Å². The van der Waals surface area contributed by atoms with Crippen LogP contribution in [0.5, 0.6) is 0 Å². The van der Waals surface area contributed by atoms with Crippen LogP contribution in [-0.2, 0) is 9.47 Å². The number of rotatable bonds is 8. The van der Waals surface area contributed by atoms with E-state index in [1.54, 1.807) is 0 Å². The van der Waals surface area contributed by atoms with Crippen LogP contribution in [0.1, 0.15) is 38.9 Å². The lowest BCUT2D eigenvalue weighted by atomic mass is 9.95. The van der Waals surface area contributed by atoms with Crippen LogP contribution in [0.15, 0.2) is 35.3 Å². The third-order valence-electron chi connectivity index (χ3n) is 5.51. The van der Waals surface area contributed by atoms with E-state index in [1.165, 1.54) is 5.56 Å². The van der Waals surface area contributed by atoms with Crippen LogP contribution in [0.4, 0.5) is 0 Å². The zero-order valence-corrected chi connectivity index (χ0v) is 18.3. The van der Waals surface area contributed by atoms with Gasteiger partial charge < -0.3 is 20.1 Å². The average Bonchev–Trinajstić information content (AvgIpc) is 3.19. The molecule has 0 bridgehead atoms. The SMILES string of the molecule is CCNC(=NCC1CCOC1c1ccccc1)NCC1CN(CC(C)C)CCO1. The van der Waals surface area contributed by atoms with Crippen molar-refractivity contribution in [2.24, 2.45) is 16.8 Å². The number of hydrogen-bond acceptors (Lipinski definition) is 4. The number of morpholine rings is 1. The van der Waals surface area contributed by atoms with Gasteiger partial charge in [0.1, 0.15) is 0 Å². The highest BCUT2D eigenvalue weighted by molar-refractivity contribution is 5.79. The first-order valence-corrected chi connectivity index (χ1v) is 11.2. The van der Waals surface area contributed by atoms with Crippen molar-refractivity contribution in [2.75, 3.05) is 52.5 Å². The molecule has 1 aromatic rings. The molecule has 0 saturated carbocycles. The van der Waals surface area contributed by atoms with Gasteiger partial charge in [-0.15, -0.1) is 0 Å². The fourth-order valence-corrected chi connectivity index (χ4v) is 4.18. The molecule has 2 saturated heterocycles. The van der Waals surface area contributed by atoms with Crippen LogP contribution >= 0.6 is 0 Å². The Bertz CT molecular complexity index is 623. The topological polar surface area (TPSA) is 58.1 Å². The fourth-order valence-electron chi connectivity index (χ4n) is 4.18. The van der Waals surface area contributed by atoms with Crippen LogP contribution in [0.3, 0.4) is 0 Å². The van der Waals surface area contributed by atoms with Crippen molar-refractivity contribution in [1.29, 1.82) is 0 Å². The molecule has 2 N–H and O–H groups in total. The summed E-state index contributed by atoms with van der Waals surface area (Å²) in [7, 11) is 0. The van der Waals surface area contributed by atoms with E-state index in [2.05, 4.69) is 66.6 Å². The Hall–Kier alpha value is -1.63. The molecule has 0 aromatic heterocycles. The second kappa shape index (κ2) is 11.5. The summed E-state index contributed by atoms with van der Waals surface area (Å²) in [6.07, 6.45) is 1.41. The van der Waals surface area contributed by atoms with Gasteiger partial charge in [-0.2, -0.15) is 0 Å². The van der Waals surface area contributed by atoms with Gasteiger partial charge in [-0.3, -0.25) is 9.89 Å². The van der Waals surface area contributed by atoms with Gasteiger partial charge in [0, 0.05) is 51.8 Å². The zero-order valence-electron chi connectivity index (χ0n) is 18.3. The summed E-state index contributed by atoms with van der Waals surface area (Å²) >= 11 is 0. The number of ether oxygens (including phenoxy) is 2. The second-order valence-corrected chi connectivity index (χ2v) is 8.50. The van der Waals surface area contributed by atoms with Crippen LogP contribution in [0.2, 0.25) is 0 Å². The second-order valence-electron chi connectivity index (χ2n) is 8.50. The summed E-state index contributed by atoms with van der Waals surface area (Å²) in [5.74, 6) is 1.97. The van der Waals surface area contributed by atoms with E-state index in [0.29, 0.717) is 11.8 Å². The van der Waals surface area contributed by atoms with Crippen LogP contribution in [0.25, 0.3) is 0 Å². The number of aliphatic imine (C=N–C) groups is 1. The minimum Gasteiger partial charge on any atom is -0.374 e. The molecule has 29 heavy (non-hydrogen) atoms. The summed E-state index contributed by atoms with van der Waals surface area (Å²) < 4.78 is 12.0. The molecular formula is C23H38N4O2. The van der Waals surface area contributed by atoms with Crippen LogP contribution < -0.4 is 10.6 Å². The quantitative estimate of drug-likeness (QED) is 0.517. The smallest absolute Gasteiger partial charge is 0.191 e. The Balaban J connectivity index is 1.51. The van der Waals surface area contributed by atoms with Gasteiger partial charge in [0.15, 0.2) is 5.96 Å². The fraction of sp³-hybridized carbons (Fsp3) is 0.696. The summed E-state index contributed by atoms with van der Waals surface area (Å²) in [6.45, 7) is 13.8. The maximum Gasteiger partial charge on any atom is 0.191 e. The number of hydrogen-bond donors (Lipinski definition) is 2. The van der Waals surface area contributed by atoms with E-state index >= 15 is 0 Å². The number of nitrogens with one attached hydrogen (secondary N) is 2. The molecule has 3 atom stereocenters. The molecule has 6 nitrogen and oxygen atoms in total. The Morgan fingerprint density at radius 2 is 2.00 bits per heavy atom. The molecule has 1 aromatic carbocycles. The molecule has 0 radical (unpaired) electrons. The molecule has 162 valence electrons. The first kappa shape index (κ1) is 22.1. The normalized spacial score (nSPS) is 26.1. The van der Waals surface area contributed by atoms with Gasteiger partial charge in [0.25, 0.3) is 0 Å². The third-order valence-corrected chi connectivity index (χ3v) is 5.51. The van der Waals surface area contributed by atoms with Gasteiger partial charge in [0.2, 0.25) is 0 Å². The number of benzene rings is 1. The van der Waals surface area contributed by atoms with Crippen molar-refractivity contribution in [1.82, 2.24) is 15.5 Å². The monoisotopic (exact) mass is 402 g/mol. The Labute approximate surface area is 176 Å². The first-order valence-electron chi connectivity index (χ1n) is 11.2. The highest BCUT2D eigenvalue weighted by Gasteiger charge is 2.29. The van der Waals surface area contributed by atoms with Gasteiger partial charge in [0.05, 0.1) is 18.8 Å². The van der Waals surface area contributed by atoms with E-state index in [-0.39, 0.29) is 12.2 Å². The van der Waals surface area contributed by atoms with E-state index in [4.69, 9.17) is 14.5 Å². The summed E-state index contributed by atoms with van der Waals surface area (Å²) in [4.78, 5) is 7.37. The number of guanidine groups is 1. The molecule has 0 spiro atoms. The average molecular weight is 403 g/mol. The van der Waals surface area contributed by atoms with Crippen molar-refractivity contribution in [2.45, 2.75) is 39.4 Å². The van der Waals surface area contributed by atoms with Gasteiger partial charge in [-0.25, -0.2) is 0 Å². The molecule has 2 aliphatic heterocycles. The van der Waals surface area contributed by atoms with E-state index in [1.807, 2.05) is 0 Å². The predicted molar refractivity (Wildman–Crippen MR) is 118 cm³/mol. The molecule has 0 amide bonds. The van der Waals surface area contributed by atoms with E-state index in [9.17, 15) is 0 Å². The summed E-state index contributed by atoms with van der Waals surface area (Å²) in [5.41, 5.74) is 1.25. The molecule has 3 rings (SSSR count). The Kier molecular flexibility index (Phi) is 8.77. The Morgan fingerprint density at radius 1 is 1.17 bits per heavy atom. The highest BCUT2D eigenvalue weighted by atomic mass is 16.5. The molecule has 3 unspecified atom stereocenters. The minimum absolute atomic E-state index is 0.147. The molecular weight excluding hydrogens is 364 g/mol. The lowest BCUT2D eigenvalue weighted by Gasteiger charge is -2.34. The molecule has 6 heteroatoms. The number of nitrogens with zero attached hydrogens (tertiary/aromatic N) is 2. The van der Waals surface area contributed by atoms with Crippen LogP contribution in [0, 0.1) is 11.8 Å². The minimum atomic E-state index is 0.147. The van der Waals surface area contributed by atoms with Crippen molar-refractivity contribution >= 4 is 5.96 Å². The van der Waals surface area contributed by atoms with Gasteiger partial charge in [-0.05, 0) is 24.8 Å². The van der Waals surface area contributed by atoms with E-state index < -0.39 is 0 Å². The summed E-state index contributed by atoms with van der Waals surface area (Å²) in [5, 5.41) is 6.86. The maximum atomic E-state index is 6.01. The van der Waals surface area contributed by atoms with E-state index in [0.717, 1.165) is 64.9 Å². The largest absolute Gasteiger partial charge is 0.374 e. The molecule has 2 heterocycles. The standard InChI is InChI=1S/C23H38N4O2/c1-4-24-23(26-15-21-17-27(11-13-28-21)16-18(2)3)25-14-20-10-12-29-22(20)19-8-6-5-7-9-19/h5-9,18,20-22H,4,10-17H2,1-3H3,(H2,24,25,26). The van der Waals surface area contributed by atoms with Gasteiger partial charge in [-0.1, -0.05) is 44.2 Å². The van der Waals surface area contributed by atoms with Crippen molar-refractivity contribution in [3.63, 3.8) is 0 Å². The van der Waals surface area contributed by atoms with Crippen molar-refractivity contribution < 1.29 is 9.47 Å². The van der Waals surface area contributed by atoms with Crippen molar-refractivity contribution in [3.05, 3.63) is 35.9 Å². The van der Waals surface area contributed by atoms with Crippen molar-refractivity contribution in [3.8, 4) is 0 Å². The lowest BCUT2D eigenvalue weighted by Crippen LogP contribution is -2.50. The Morgan fingerprint density at radius 3 is 2.76 bits per heavy atom. The highest BCUT2D eigenvalue weighted by Crippen LogP contribution is 2.34. The molecule has 2 fully saturated rings. The molecule has 2 aliphatic rings.